The zero-order valence-corrected chi connectivity index (χ0v) is 16.3. The lowest BCUT2D eigenvalue weighted by Gasteiger charge is -2.29. The molecule has 0 aliphatic carbocycles. The summed E-state index contributed by atoms with van der Waals surface area (Å²) in [4.78, 5) is 35.2. The second kappa shape index (κ2) is 7.93. The van der Waals surface area contributed by atoms with Crippen LogP contribution in [0.4, 0.5) is 4.79 Å². The van der Waals surface area contributed by atoms with Gasteiger partial charge in [-0.15, -0.1) is 0 Å². The predicted octanol–water partition coefficient (Wildman–Crippen LogP) is 2.33. The minimum absolute atomic E-state index is 0.0592. The summed E-state index contributed by atoms with van der Waals surface area (Å²) in [6.45, 7) is 5.90. The first-order chi connectivity index (χ1) is 13.5. The Bertz CT molecular complexity index is 770. The minimum Gasteiger partial charge on any atom is -0.349 e. The van der Waals surface area contributed by atoms with Crippen molar-refractivity contribution in [2.24, 2.45) is 5.73 Å². The average Bonchev–Trinajstić information content (AvgIpc) is 3.43. The van der Waals surface area contributed by atoms with Gasteiger partial charge in [-0.3, -0.25) is 9.63 Å². The van der Waals surface area contributed by atoms with E-state index in [-0.39, 0.29) is 11.9 Å². The Hall–Kier alpha value is -2.38. The molecule has 0 radical (unpaired) electrons. The van der Waals surface area contributed by atoms with Gasteiger partial charge in [0, 0.05) is 19.1 Å². The molecular weight excluding hydrogens is 356 g/mol. The van der Waals surface area contributed by atoms with Crippen LogP contribution in [0.3, 0.4) is 0 Å². The van der Waals surface area contributed by atoms with Gasteiger partial charge in [0.2, 0.25) is 0 Å². The van der Waals surface area contributed by atoms with E-state index >= 15 is 0 Å². The van der Waals surface area contributed by atoms with Gasteiger partial charge >= 0.3 is 6.03 Å². The van der Waals surface area contributed by atoms with Gasteiger partial charge < -0.3 is 15.5 Å². The van der Waals surface area contributed by atoms with Gasteiger partial charge in [-0.2, -0.15) is 5.06 Å². The second-order valence-corrected chi connectivity index (χ2v) is 7.95. The Labute approximate surface area is 165 Å². The van der Waals surface area contributed by atoms with Crippen LogP contribution in [0, 0.1) is 6.92 Å². The number of amides is 3. The van der Waals surface area contributed by atoms with E-state index in [1.807, 2.05) is 36.1 Å². The Morgan fingerprint density at radius 2 is 1.82 bits per heavy atom. The molecule has 1 unspecified atom stereocenters. The van der Waals surface area contributed by atoms with Crippen LogP contribution in [-0.4, -0.2) is 59.0 Å². The van der Waals surface area contributed by atoms with Crippen LogP contribution in [0.2, 0.25) is 0 Å². The number of aryl methyl sites for hydroxylation is 1. The third-order valence-corrected chi connectivity index (χ3v) is 5.91. The number of urea groups is 1. The van der Waals surface area contributed by atoms with Gasteiger partial charge in [-0.05, 0) is 51.3 Å². The molecule has 4 rings (SSSR count). The molecule has 0 spiro atoms. The highest BCUT2D eigenvalue weighted by atomic mass is 16.7. The average molecular weight is 384 g/mol. The van der Waals surface area contributed by atoms with Gasteiger partial charge in [0.15, 0.2) is 0 Å². The van der Waals surface area contributed by atoms with Gasteiger partial charge in [-0.25, -0.2) is 4.79 Å². The molecule has 7 nitrogen and oxygen atoms in total. The quantitative estimate of drug-likeness (QED) is 0.864. The number of carbonyl (C=O) groups is 2. The monoisotopic (exact) mass is 384 g/mol. The number of hydrogen-bond donors (Lipinski definition) is 1. The molecule has 150 valence electrons. The number of hydroxylamine groups is 2. The number of nitrogens with two attached hydrogens (primary N) is 1. The van der Waals surface area contributed by atoms with E-state index in [4.69, 9.17) is 10.6 Å². The van der Waals surface area contributed by atoms with Crippen LogP contribution in [0.5, 0.6) is 0 Å². The molecule has 0 aromatic heterocycles. The summed E-state index contributed by atoms with van der Waals surface area (Å²) in [5.41, 5.74) is 7.83. The Morgan fingerprint density at radius 3 is 2.50 bits per heavy atom. The Morgan fingerprint density at radius 1 is 1.11 bits per heavy atom. The molecular formula is C21H28N4O3. The molecule has 28 heavy (non-hydrogen) atoms. The maximum absolute atomic E-state index is 13.4. The highest BCUT2D eigenvalue weighted by molar-refractivity contribution is 5.96. The number of primary amides is 1. The van der Waals surface area contributed by atoms with E-state index in [2.05, 4.69) is 4.90 Å². The maximum Gasteiger partial charge on any atom is 0.343 e. The van der Waals surface area contributed by atoms with Gasteiger partial charge in [-0.1, -0.05) is 29.8 Å². The fraction of sp³-hybridized carbons (Fsp3) is 0.524. The van der Waals surface area contributed by atoms with Crippen LogP contribution >= 0.6 is 0 Å². The predicted molar refractivity (Wildman–Crippen MR) is 105 cm³/mol. The molecule has 3 heterocycles. The van der Waals surface area contributed by atoms with E-state index < -0.39 is 12.1 Å². The van der Waals surface area contributed by atoms with E-state index in [1.165, 1.54) is 19.0 Å². The minimum atomic E-state index is -0.727. The largest absolute Gasteiger partial charge is 0.349 e. The summed E-state index contributed by atoms with van der Waals surface area (Å²) in [5, 5.41) is 0.976. The van der Waals surface area contributed by atoms with Crippen molar-refractivity contribution < 1.29 is 14.4 Å². The lowest BCUT2D eigenvalue weighted by atomic mass is 10.0. The van der Waals surface area contributed by atoms with E-state index in [9.17, 15) is 9.59 Å². The number of carbonyl (C=O) groups excluding carboxylic acids is 2. The van der Waals surface area contributed by atoms with Crippen molar-refractivity contribution in [3.05, 3.63) is 47.2 Å². The fourth-order valence-electron chi connectivity index (χ4n) is 4.38. The van der Waals surface area contributed by atoms with Crippen LogP contribution < -0.4 is 5.73 Å². The zero-order chi connectivity index (χ0) is 19.7. The van der Waals surface area contributed by atoms with Crippen LogP contribution in [0.1, 0.15) is 42.9 Å². The van der Waals surface area contributed by atoms with Crippen molar-refractivity contribution in [3.63, 3.8) is 0 Å². The third-order valence-electron chi connectivity index (χ3n) is 5.91. The highest BCUT2D eigenvalue weighted by Crippen LogP contribution is 2.35. The Kier molecular flexibility index (Phi) is 5.37. The molecule has 1 aromatic carbocycles. The molecule has 3 aliphatic heterocycles. The molecule has 2 N–H and O–H groups in total. The highest BCUT2D eigenvalue weighted by Gasteiger charge is 2.39. The van der Waals surface area contributed by atoms with Crippen molar-refractivity contribution in [2.75, 3.05) is 26.2 Å². The van der Waals surface area contributed by atoms with Crippen molar-refractivity contribution >= 4 is 11.9 Å². The number of rotatable bonds is 4. The molecule has 7 heteroatoms. The summed E-state index contributed by atoms with van der Waals surface area (Å²) >= 11 is 0. The van der Waals surface area contributed by atoms with Crippen LogP contribution in [-0.2, 0) is 9.63 Å². The Balaban J connectivity index is 1.56. The summed E-state index contributed by atoms with van der Waals surface area (Å²) in [7, 11) is 0. The van der Waals surface area contributed by atoms with Crippen molar-refractivity contribution in [2.45, 2.75) is 44.8 Å². The summed E-state index contributed by atoms with van der Waals surface area (Å²) in [6.07, 6.45) is 5.35. The molecule has 1 aromatic rings. The topological polar surface area (TPSA) is 79.1 Å². The van der Waals surface area contributed by atoms with Gasteiger partial charge in [0.25, 0.3) is 5.91 Å². The van der Waals surface area contributed by atoms with Crippen molar-refractivity contribution in [3.8, 4) is 0 Å². The van der Waals surface area contributed by atoms with Crippen LogP contribution in [0.15, 0.2) is 36.0 Å². The maximum atomic E-state index is 13.4. The lowest BCUT2D eigenvalue weighted by molar-refractivity contribution is -0.131. The molecule has 0 saturated carbocycles. The number of likely N-dealkylation sites (tertiary alicyclic amines) is 2. The zero-order valence-electron chi connectivity index (χ0n) is 16.3. The standard InChI is InChI=1S/C21H28N4O3/c1-15-6-8-16(9-7-15)19-18(14-25(28-19)21(22)27)20(26)24-12-4-5-17(24)13-23-10-2-3-11-23/h6-9,14,17,19H,2-5,10-13H2,1H3,(H2,22,27)/t17-,19?/m0/s1. The van der Waals surface area contributed by atoms with E-state index in [1.54, 1.807) is 0 Å². The molecule has 2 saturated heterocycles. The number of benzene rings is 1. The first-order valence-corrected chi connectivity index (χ1v) is 10.1. The van der Waals surface area contributed by atoms with E-state index in [0.29, 0.717) is 5.57 Å². The normalized spacial score (nSPS) is 25.4. The lowest BCUT2D eigenvalue weighted by Crippen LogP contribution is -2.43. The molecule has 3 aliphatic rings. The summed E-state index contributed by atoms with van der Waals surface area (Å²) in [5.74, 6) is -0.0592. The van der Waals surface area contributed by atoms with Crippen molar-refractivity contribution in [1.29, 1.82) is 0 Å². The van der Waals surface area contributed by atoms with Gasteiger partial charge in [0.05, 0.1) is 11.8 Å². The smallest absolute Gasteiger partial charge is 0.343 e. The van der Waals surface area contributed by atoms with Crippen molar-refractivity contribution in [1.82, 2.24) is 14.9 Å². The SMILES string of the molecule is Cc1ccc(C2ON(C(N)=O)C=C2C(=O)N2CCC[C@H]2CN2CCCC2)cc1. The van der Waals surface area contributed by atoms with Gasteiger partial charge in [0.1, 0.15) is 6.10 Å². The van der Waals surface area contributed by atoms with Crippen LogP contribution in [0.25, 0.3) is 0 Å². The molecule has 2 fully saturated rings. The fourth-order valence-corrected chi connectivity index (χ4v) is 4.38. The molecule has 3 amide bonds. The first kappa shape index (κ1) is 19.0. The first-order valence-electron chi connectivity index (χ1n) is 10.1. The molecule has 2 atom stereocenters. The summed E-state index contributed by atoms with van der Waals surface area (Å²) < 4.78 is 0. The van der Waals surface area contributed by atoms with E-state index in [0.717, 1.165) is 55.2 Å². The second-order valence-electron chi connectivity index (χ2n) is 7.95. The third kappa shape index (κ3) is 3.77. The number of hydrogen-bond acceptors (Lipinski definition) is 4. The summed E-state index contributed by atoms with van der Waals surface area (Å²) in [6, 6.07) is 7.29. The molecule has 0 bridgehead atoms. The number of nitrogens with zero attached hydrogens (tertiary/aromatic N) is 3.